The van der Waals surface area contributed by atoms with Gasteiger partial charge in [0, 0.05) is 11.1 Å². The Morgan fingerprint density at radius 3 is 2.11 bits per heavy atom. The van der Waals surface area contributed by atoms with E-state index in [1.54, 1.807) is 9.70 Å². The Labute approximate surface area is 260 Å². The number of benzene rings is 2. The zero-order valence-electron chi connectivity index (χ0n) is 27.1. The van der Waals surface area contributed by atoms with Crippen LogP contribution in [0, 0.1) is 11.8 Å². The molecule has 2 N–H and O–H groups in total. The Balaban J connectivity index is 1.54. The summed E-state index contributed by atoms with van der Waals surface area (Å²) in [5.74, 6) is -0.259. The predicted molar refractivity (Wildman–Crippen MR) is 168 cm³/mol. The number of nitrogens with one attached hydrogen (secondary N) is 2. The van der Waals surface area contributed by atoms with Gasteiger partial charge in [-0.05, 0) is 94.5 Å². The average Bonchev–Trinajstić information content (AvgIpc) is 3.59. The molecule has 3 aromatic rings. The number of nitrogens with zero attached hydrogens (tertiary/aromatic N) is 5. The zero-order chi connectivity index (χ0) is 32.0. The third-order valence-corrected chi connectivity index (χ3v) is 8.23. The Morgan fingerprint density at radius 2 is 1.59 bits per heavy atom. The first-order valence-corrected chi connectivity index (χ1v) is 15.5. The number of fused-ring (bicyclic) bond motifs is 1. The van der Waals surface area contributed by atoms with Gasteiger partial charge in [-0.25, -0.2) is 0 Å². The molecular weight excluding hydrogens is 554 g/mol. The molecule has 1 fully saturated rings. The largest absolute Gasteiger partial charge is 0.349 e. The maximum absolute atomic E-state index is 14.6. The van der Waals surface area contributed by atoms with Gasteiger partial charge in [0.1, 0.15) is 18.1 Å². The predicted octanol–water partition coefficient (Wildman–Crippen LogP) is 4.21. The van der Waals surface area contributed by atoms with E-state index in [0.29, 0.717) is 30.7 Å². The molecule has 0 bridgehead atoms. The topological polar surface area (TPSA) is 122 Å². The molecule has 2 heterocycles. The highest BCUT2D eigenvalue weighted by Crippen LogP contribution is 2.36. The Hall–Kier alpha value is -4.08. The van der Waals surface area contributed by atoms with Gasteiger partial charge in [-0.1, -0.05) is 62.4 Å². The van der Waals surface area contributed by atoms with Crippen LogP contribution in [0.3, 0.4) is 0 Å². The van der Waals surface area contributed by atoms with E-state index in [0.717, 1.165) is 5.56 Å². The monoisotopic (exact) mass is 599 g/mol. The lowest BCUT2D eigenvalue weighted by molar-refractivity contribution is -0.158. The number of hydrogen-bond acceptors (Lipinski definition) is 6. The Morgan fingerprint density at radius 1 is 0.977 bits per heavy atom. The molecule has 2 aromatic carbocycles. The van der Waals surface area contributed by atoms with Crippen LogP contribution in [0.1, 0.15) is 84.5 Å². The van der Waals surface area contributed by atoms with Gasteiger partial charge >= 0.3 is 0 Å². The fraction of sp³-hybridized carbons (Fsp3) is 0.529. The summed E-state index contributed by atoms with van der Waals surface area (Å²) in [5, 5.41) is 19.1. The van der Waals surface area contributed by atoms with Gasteiger partial charge in [-0.2, -0.15) is 4.80 Å². The molecule has 1 aliphatic heterocycles. The summed E-state index contributed by atoms with van der Waals surface area (Å²) in [6, 6.07) is 13.0. The first-order chi connectivity index (χ1) is 20.6. The van der Waals surface area contributed by atoms with Crippen molar-refractivity contribution in [2.75, 3.05) is 0 Å². The number of tetrazole rings is 1. The molecule has 5 rings (SSSR count). The van der Waals surface area contributed by atoms with Crippen LogP contribution >= 0.6 is 0 Å². The van der Waals surface area contributed by atoms with Gasteiger partial charge in [0.05, 0.1) is 5.54 Å². The van der Waals surface area contributed by atoms with E-state index in [4.69, 9.17) is 0 Å². The Kier molecular flexibility index (Phi) is 8.39. The second kappa shape index (κ2) is 11.8. The molecule has 44 heavy (non-hydrogen) atoms. The fourth-order valence-corrected chi connectivity index (χ4v) is 6.18. The Bertz CT molecular complexity index is 1510. The molecule has 1 saturated heterocycles. The third-order valence-electron chi connectivity index (χ3n) is 8.23. The third kappa shape index (κ3) is 6.54. The van der Waals surface area contributed by atoms with Crippen LogP contribution in [0.2, 0.25) is 0 Å². The number of piperazine rings is 1. The summed E-state index contributed by atoms with van der Waals surface area (Å²) in [5.41, 5.74) is 2.88. The van der Waals surface area contributed by atoms with Crippen molar-refractivity contribution in [2.45, 2.75) is 104 Å². The van der Waals surface area contributed by atoms with E-state index in [-0.39, 0.29) is 35.1 Å². The zero-order valence-corrected chi connectivity index (χ0v) is 27.1. The van der Waals surface area contributed by atoms with Crippen LogP contribution in [0.25, 0.3) is 11.4 Å². The van der Waals surface area contributed by atoms with Crippen LogP contribution in [0.15, 0.2) is 48.5 Å². The van der Waals surface area contributed by atoms with Gasteiger partial charge in [0.2, 0.25) is 23.5 Å². The summed E-state index contributed by atoms with van der Waals surface area (Å²) in [7, 11) is 0. The lowest BCUT2D eigenvalue weighted by atomic mass is 9.87. The SMILES string of the molecule is CC(C)C[C@@H]1C(=O)N[C@H](C2Cc3ccccc3C2)C(=O)N1[C@@H](C(=O)NC(C)(C)C)c1ccc(-c2nnn(C(C)(C)C)n2)cc1. The molecule has 3 atom stereocenters. The van der Waals surface area contributed by atoms with Crippen LogP contribution in [-0.2, 0) is 32.8 Å². The van der Waals surface area contributed by atoms with Crippen molar-refractivity contribution in [1.82, 2.24) is 35.7 Å². The minimum atomic E-state index is -1.00. The normalized spacial score (nSPS) is 20.1. The number of carbonyl (C=O) groups is 3. The van der Waals surface area contributed by atoms with Crippen LogP contribution in [0.5, 0.6) is 0 Å². The van der Waals surface area contributed by atoms with Crippen molar-refractivity contribution in [2.24, 2.45) is 11.8 Å². The highest BCUT2D eigenvalue weighted by atomic mass is 16.2. The number of aromatic nitrogens is 4. The average molecular weight is 600 g/mol. The highest BCUT2D eigenvalue weighted by Gasteiger charge is 2.49. The van der Waals surface area contributed by atoms with Crippen molar-refractivity contribution in [1.29, 1.82) is 0 Å². The van der Waals surface area contributed by atoms with E-state index in [2.05, 4.69) is 38.2 Å². The van der Waals surface area contributed by atoms with Gasteiger partial charge in [0.25, 0.3) is 0 Å². The smallest absolute Gasteiger partial charge is 0.247 e. The lowest BCUT2D eigenvalue weighted by Crippen LogP contribution is -2.67. The summed E-state index contributed by atoms with van der Waals surface area (Å²) < 4.78 is 0. The molecule has 1 aromatic heterocycles. The number of hydrogen-bond donors (Lipinski definition) is 2. The van der Waals surface area contributed by atoms with Crippen molar-refractivity contribution in [3.05, 3.63) is 65.2 Å². The maximum atomic E-state index is 14.6. The first-order valence-electron chi connectivity index (χ1n) is 15.5. The van der Waals surface area contributed by atoms with Crippen LogP contribution in [-0.4, -0.2) is 60.5 Å². The van der Waals surface area contributed by atoms with Crippen LogP contribution in [0.4, 0.5) is 0 Å². The summed E-state index contributed by atoms with van der Waals surface area (Å²) >= 11 is 0. The van der Waals surface area contributed by atoms with Crippen molar-refractivity contribution in [3.63, 3.8) is 0 Å². The standard InChI is InChI=1S/C34H45N7O3/c1-20(2)17-26-30(42)35-27(25-18-23-11-9-10-12-24(23)19-25)32(44)40(26)28(31(43)36-33(3,4)5)21-13-15-22(16-14-21)29-37-39-41(38-29)34(6,7)8/h9-16,20,25-28H,17-19H2,1-8H3,(H,35,42)(H,36,43)/t26-,27-,28-/m1/s1. The first kappa shape index (κ1) is 31.3. The van der Waals surface area contributed by atoms with Crippen molar-refractivity contribution < 1.29 is 14.4 Å². The van der Waals surface area contributed by atoms with E-state index in [9.17, 15) is 14.4 Å². The van der Waals surface area contributed by atoms with Gasteiger partial charge in [-0.15, -0.1) is 10.2 Å². The lowest BCUT2D eigenvalue weighted by Gasteiger charge is -2.45. The van der Waals surface area contributed by atoms with E-state index in [1.807, 2.05) is 91.8 Å². The molecule has 0 saturated carbocycles. The second-order valence-electron chi connectivity index (χ2n) is 14.7. The van der Waals surface area contributed by atoms with E-state index < -0.39 is 23.7 Å². The molecule has 0 radical (unpaired) electrons. The van der Waals surface area contributed by atoms with Gasteiger partial charge < -0.3 is 15.5 Å². The van der Waals surface area contributed by atoms with Crippen molar-refractivity contribution in [3.8, 4) is 11.4 Å². The van der Waals surface area contributed by atoms with Gasteiger partial charge in [0.15, 0.2) is 0 Å². The molecule has 3 amide bonds. The van der Waals surface area contributed by atoms with Gasteiger partial charge in [-0.3, -0.25) is 14.4 Å². The number of amides is 3. The van der Waals surface area contributed by atoms with E-state index in [1.165, 1.54) is 11.1 Å². The number of carbonyl (C=O) groups excluding carboxylic acids is 3. The quantitative estimate of drug-likeness (QED) is 0.420. The minimum Gasteiger partial charge on any atom is -0.349 e. The fourth-order valence-electron chi connectivity index (χ4n) is 6.18. The summed E-state index contributed by atoms with van der Waals surface area (Å²) in [6.45, 7) is 15.8. The molecule has 0 unspecified atom stereocenters. The summed E-state index contributed by atoms with van der Waals surface area (Å²) in [4.78, 5) is 45.7. The molecule has 1 aliphatic carbocycles. The maximum Gasteiger partial charge on any atom is 0.247 e. The molecule has 0 spiro atoms. The number of rotatable bonds is 7. The second-order valence-corrected chi connectivity index (χ2v) is 14.7. The summed E-state index contributed by atoms with van der Waals surface area (Å²) in [6.07, 6.45) is 1.84. The van der Waals surface area contributed by atoms with Crippen LogP contribution < -0.4 is 10.6 Å². The molecule has 234 valence electrons. The highest BCUT2D eigenvalue weighted by molar-refractivity contribution is 6.00. The minimum absolute atomic E-state index is 0.0865. The molecular formula is C34H45N7O3. The molecule has 10 heteroatoms. The molecule has 2 aliphatic rings. The molecule has 10 nitrogen and oxygen atoms in total. The van der Waals surface area contributed by atoms with Crippen molar-refractivity contribution >= 4 is 17.7 Å². The van der Waals surface area contributed by atoms with E-state index >= 15 is 0 Å².